The van der Waals surface area contributed by atoms with Crippen molar-refractivity contribution in [1.29, 1.82) is 0 Å². The predicted octanol–water partition coefficient (Wildman–Crippen LogP) is 5.63. The van der Waals surface area contributed by atoms with Gasteiger partial charge in [0.25, 0.3) is 5.91 Å². The highest BCUT2D eigenvalue weighted by Crippen LogP contribution is 2.41. The topological polar surface area (TPSA) is 110 Å². The fourth-order valence-corrected chi connectivity index (χ4v) is 6.72. The van der Waals surface area contributed by atoms with E-state index in [-0.39, 0.29) is 30.2 Å². The molecule has 3 N–H and O–H groups in total. The monoisotopic (exact) mass is 565 g/mol. The van der Waals surface area contributed by atoms with Gasteiger partial charge in [0.05, 0.1) is 24.0 Å². The van der Waals surface area contributed by atoms with Crippen molar-refractivity contribution in [2.75, 3.05) is 0 Å². The van der Waals surface area contributed by atoms with Gasteiger partial charge in [0.15, 0.2) is 5.96 Å². The summed E-state index contributed by atoms with van der Waals surface area (Å²) in [4.78, 5) is 38.7. The average Bonchev–Trinajstić information content (AvgIpc) is 2.97. The number of carbonyl (C=O) groups excluding carboxylic acids is 2. The number of rotatable bonds is 2. The van der Waals surface area contributed by atoms with Crippen LogP contribution in [0.4, 0.5) is 0 Å². The Hall–Kier alpha value is -4.20. The van der Waals surface area contributed by atoms with E-state index in [1.807, 2.05) is 36.4 Å². The van der Waals surface area contributed by atoms with E-state index >= 15 is 0 Å². The van der Waals surface area contributed by atoms with E-state index in [2.05, 4.69) is 43.2 Å². The van der Waals surface area contributed by atoms with Gasteiger partial charge in [-0.1, -0.05) is 43.7 Å². The van der Waals surface area contributed by atoms with Gasteiger partial charge in [0.2, 0.25) is 5.91 Å². The maximum Gasteiger partial charge on any atom is 0.251 e. The summed E-state index contributed by atoms with van der Waals surface area (Å²) in [5.41, 5.74) is 10.00. The lowest BCUT2D eigenvalue weighted by Crippen LogP contribution is -2.53. The highest BCUT2D eigenvalue weighted by atomic mass is 16.5. The van der Waals surface area contributed by atoms with E-state index in [9.17, 15) is 9.59 Å². The Labute approximate surface area is 247 Å². The number of nitrogens with two attached hydrogens (primary N) is 1. The van der Waals surface area contributed by atoms with Gasteiger partial charge in [-0.05, 0) is 80.5 Å². The highest BCUT2D eigenvalue weighted by Gasteiger charge is 2.42. The number of hydrogen-bond acceptors (Lipinski definition) is 6. The molecule has 3 aromatic rings. The van der Waals surface area contributed by atoms with E-state index in [1.54, 1.807) is 23.4 Å². The molecule has 1 aromatic heterocycles. The van der Waals surface area contributed by atoms with Crippen molar-refractivity contribution < 1.29 is 14.3 Å². The van der Waals surface area contributed by atoms with Crippen molar-refractivity contribution >= 4 is 17.8 Å². The van der Waals surface area contributed by atoms with Crippen molar-refractivity contribution in [3.63, 3.8) is 0 Å². The number of hydrogen-bond donors (Lipinski definition) is 2. The van der Waals surface area contributed by atoms with Crippen LogP contribution in [0.1, 0.15) is 104 Å². The number of nitrogens with zero attached hydrogens (tertiary/aromatic N) is 3. The Morgan fingerprint density at radius 1 is 1.07 bits per heavy atom. The fourth-order valence-electron chi connectivity index (χ4n) is 6.72. The summed E-state index contributed by atoms with van der Waals surface area (Å²) in [5, 5.41) is 3.29. The molecule has 218 valence electrons. The molecule has 2 aromatic carbocycles. The number of aliphatic imine (C=N–C) groups is 1. The first-order valence-corrected chi connectivity index (χ1v) is 15.0. The Balaban J connectivity index is 1.47. The van der Waals surface area contributed by atoms with Crippen LogP contribution in [0.2, 0.25) is 0 Å². The second kappa shape index (κ2) is 10.9. The van der Waals surface area contributed by atoms with Crippen molar-refractivity contribution in [2.45, 2.75) is 88.9 Å². The molecule has 0 aliphatic carbocycles. The summed E-state index contributed by atoms with van der Waals surface area (Å²) in [6.45, 7) is 6.19. The van der Waals surface area contributed by atoms with Gasteiger partial charge < -0.3 is 15.8 Å². The van der Waals surface area contributed by atoms with Crippen LogP contribution in [0, 0.1) is 0 Å². The van der Waals surface area contributed by atoms with Gasteiger partial charge in [-0.15, -0.1) is 0 Å². The molecular weight excluding hydrogens is 526 g/mol. The normalized spacial score (nSPS) is 25.5. The van der Waals surface area contributed by atoms with Gasteiger partial charge in [0, 0.05) is 29.9 Å². The van der Waals surface area contributed by atoms with Crippen LogP contribution in [0.3, 0.4) is 0 Å². The number of guanidine groups is 1. The van der Waals surface area contributed by atoms with Gasteiger partial charge >= 0.3 is 0 Å². The van der Waals surface area contributed by atoms with Crippen LogP contribution < -0.4 is 15.8 Å². The number of ether oxygens (including phenoxy) is 1. The Bertz CT molecular complexity index is 1540. The van der Waals surface area contributed by atoms with Gasteiger partial charge in [-0.3, -0.25) is 19.5 Å². The molecule has 7 rings (SSSR count). The second-order valence-electron chi connectivity index (χ2n) is 12.5. The zero-order valence-corrected chi connectivity index (χ0v) is 24.6. The average molecular weight is 566 g/mol. The molecule has 2 amide bonds. The number of fused-ring (bicyclic) bond motifs is 5. The molecule has 8 heteroatoms. The zero-order valence-electron chi connectivity index (χ0n) is 24.6. The number of carbonyl (C=O) groups is 2. The Morgan fingerprint density at radius 3 is 2.67 bits per heavy atom. The molecule has 1 unspecified atom stereocenters. The van der Waals surface area contributed by atoms with Gasteiger partial charge in [-0.25, -0.2) is 4.99 Å². The summed E-state index contributed by atoms with van der Waals surface area (Å²) in [6, 6.07) is 16.8. The van der Waals surface area contributed by atoms with E-state index in [0.717, 1.165) is 54.5 Å². The number of pyridine rings is 1. The largest absolute Gasteiger partial charge is 0.487 e. The summed E-state index contributed by atoms with van der Waals surface area (Å²) < 4.78 is 6.32. The minimum Gasteiger partial charge on any atom is -0.487 e. The summed E-state index contributed by atoms with van der Waals surface area (Å²) in [5.74, 6) is 0.776. The number of aromatic nitrogens is 1. The number of benzene rings is 2. The van der Waals surface area contributed by atoms with Gasteiger partial charge in [0.1, 0.15) is 11.4 Å². The van der Waals surface area contributed by atoms with E-state index in [4.69, 9.17) is 15.5 Å². The molecule has 0 radical (unpaired) electrons. The third kappa shape index (κ3) is 5.38. The molecule has 4 aliphatic rings. The quantitative estimate of drug-likeness (QED) is 0.419. The van der Waals surface area contributed by atoms with Crippen LogP contribution in [-0.4, -0.2) is 38.8 Å². The zero-order chi connectivity index (χ0) is 29.5. The first-order valence-electron chi connectivity index (χ1n) is 15.0. The molecule has 0 saturated carbocycles. The SMILES string of the molecule is CC[C@@]12CCCCc3ccc4c(c3)[C@H](CC(C)(C)O4)NC(=O)c3cccc(c3)C(c3cccnc3)N(C(=O)C1)C(N)=N2. The molecule has 0 fully saturated rings. The fraction of sp³-hybridized carbons (Fsp3) is 0.412. The smallest absolute Gasteiger partial charge is 0.251 e. The molecule has 5 heterocycles. The van der Waals surface area contributed by atoms with Crippen molar-refractivity contribution in [3.8, 4) is 5.75 Å². The standard InChI is InChI=1S/C34H39N5O3/c1-4-34-15-6-5-9-22-13-14-28-26(17-22)27(19-33(2,3)42-28)37-31(41)24-11-7-10-23(18-24)30(25-12-8-16-36-21-25)39(29(40)20-34)32(35)38-34/h7-8,10-14,16-18,21,27,30H,4-6,9,15,19-20H2,1-3H3,(H2,35,38)(H,37,41)/t27-,30?,34+/m0/s1. The van der Waals surface area contributed by atoms with Gasteiger partial charge in [-0.2, -0.15) is 0 Å². The molecule has 0 spiro atoms. The number of amides is 2. The van der Waals surface area contributed by atoms with Crippen molar-refractivity contribution in [1.82, 2.24) is 15.2 Å². The summed E-state index contributed by atoms with van der Waals surface area (Å²) >= 11 is 0. The second-order valence-corrected chi connectivity index (χ2v) is 12.5. The summed E-state index contributed by atoms with van der Waals surface area (Å²) in [7, 11) is 0. The van der Waals surface area contributed by atoms with Crippen LogP contribution in [-0.2, 0) is 11.2 Å². The number of aryl methyl sites for hydroxylation is 1. The highest BCUT2D eigenvalue weighted by molar-refractivity contribution is 6.00. The first kappa shape index (κ1) is 27.9. The lowest BCUT2D eigenvalue weighted by Gasteiger charge is -2.41. The Morgan fingerprint density at radius 2 is 1.90 bits per heavy atom. The lowest BCUT2D eigenvalue weighted by atomic mass is 9.83. The molecule has 6 bridgehead atoms. The third-order valence-electron chi connectivity index (χ3n) is 8.92. The number of nitrogens with one attached hydrogen (secondary N) is 1. The Kier molecular flexibility index (Phi) is 7.25. The van der Waals surface area contributed by atoms with Crippen LogP contribution >= 0.6 is 0 Å². The maximum absolute atomic E-state index is 13.9. The van der Waals surface area contributed by atoms with Crippen LogP contribution in [0.5, 0.6) is 5.75 Å². The van der Waals surface area contributed by atoms with Crippen molar-refractivity contribution in [3.05, 3.63) is 94.8 Å². The lowest BCUT2D eigenvalue weighted by molar-refractivity contribution is -0.131. The first-order chi connectivity index (χ1) is 20.2. The third-order valence-corrected chi connectivity index (χ3v) is 8.92. The minimum absolute atomic E-state index is 0.0705. The van der Waals surface area contributed by atoms with Crippen LogP contribution in [0.15, 0.2) is 72.0 Å². The molecule has 0 saturated heterocycles. The van der Waals surface area contributed by atoms with Crippen LogP contribution in [0.25, 0.3) is 0 Å². The van der Waals surface area contributed by atoms with E-state index in [0.29, 0.717) is 12.0 Å². The predicted molar refractivity (Wildman–Crippen MR) is 162 cm³/mol. The van der Waals surface area contributed by atoms with E-state index in [1.165, 1.54) is 5.56 Å². The van der Waals surface area contributed by atoms with E-state index < -0.39 is 17.2 Å². The maximum atomic E-state index is 13.9. The van der Waals surface area contributed by atoms with Crippen molar-refractivity contribution in [2.24, 2.45) is 10.7 Å². The summed E-state index contributed by atoms with van der Waals surface area (Å²) in [6.07, 6.45) is 8.67. The molecular formula is C34H39N5O3. The molecule has 42 heavy (non-hydrogen) atoms. The molecule has 3 atom stereocenters. The molecule has 8 nitrogen and oxygen atoms in total. The molecule has 4 aliphatic heterocycles. The minimum atomic E-state index is -0.568.